The Morgan fingerprint density at radius 2 is 1.48 bits per heavy atom. The number of esters is 1. The Balaban J connectivity index is 2.80. The first-order chi connectivity index (χ1) is 11.0. The topological polar surface area (TPSA) is 54.0 Å². The second kappa shape index (κ2) is 7.05. The van der Waals surface area contributed by atoms with Crippen molar-refractivity contribution in [2.24, 2.45) is 0 Å². The molecule has 0 amide bonds. The van der Waals surface area contributed by atoms with Crippen molar-refractivity contribution in [2.75, 3.05) is 28.4 Å². The fourth-order valence-electron chi connectivity index (χ4n) is 2.42. The van der Waals surface area contributed by atoms with Gasteiger partial charge in [0.25, 0.3) is 0 Å². The summed E-state index contributed by atoms with van der Waals surface area (Å²) in [5.74, 6) is 1.29. The average molecular weight is 316 g/mol. The Labute approximate surface area is 135 Å². The van der Waals surface area contributed by atoms with Crippen LogP contribution in [0.1, 0.15) is 15.9 Å². The zero-order chi connectivity index (χ0) is 17.0. The summed E-state index contributed by atoms with van der Waals surface area (Å²) in [6.45, 7) is 1.95. The van der Waals surface area contributed by atoms with Crippen molar-refractivity contribution in [3.8, 4) is 28.4 Å². The van der Waals surface area contributed by atoms with E-state index in [2.05, 4.69) is 0 Å². The number of aryl methyl sites for hydroxylation is 1. The van der Waals surface area contributed by atoms with Crippen molar-refractivity contribution in [2.45, 2.75) is 6.92 Å². The highest BCUT2D eigenvalue weighted by Crippen LogP contribution is 2.43. The van der Waals surface area contributed by atoms with Gasteiger partial charge in [-0.05, 0) is 13.0 Å². The minimum absolute atomic E-state index is 0.417. The standard InChI is InChI=1S/C18H20O5/c1-11-6-7-13(18(19)23-5)14(8-11)17-15(21-3)9-12(20-2)10-16(17)22-4/h6-10H,1-5H3. The lowest BCUT2D eigenvalue weighted by atomic mass is 9.95. The summed E-state index contributed by atoms with van der Waals surface area (Å²) < 4.78 is 21.1. The van der Waals surface area contributed by atoms with Crippen molar-refractivity contribution < 1.29 is 23.7 Å². The zero-order valence-electron chi connectivity index (χ0n) is 13.9. The predicted octanol–water partition coefficient (Wildman–Crippen LogP) is 3.47. The molecule has 0 fully saturated rings. The molecule has 0 unspecified atom stereocenters. The largest absolute Gasteiger partial charge is 0.496 e. The smallest absolute Gasteiger partial charge is 0.338 e. The molecule has 0 saturated carbocycles. The van der Waals surface area contributed by atoms with E-state index in [1.807, 2.05) is 19.1 Å². The minimum atomic E-state index is -0.417. The van der Waals surface area contributed by atoms with Crippen LogP contribution in [-0.4, -0.2) is 34.4 Å². The maximum atomic E-state index is 12.1. The summed E-state index contributed by atoms with van der Waals surface area (Å²) >= 11 is 0. The Morgan fingerprint density at radius 3 is 1.96 bits per heavy atom. The molecule has 0 atom stereocenters. The number of rotatable bonds is 5. The second-order valence-corrected chi connectivity index (χ2v) is 4.95. The summed E-state index contributed by atoms with van der Waals surface area (Å²) in [7, 11) is 6.05. The van der Waals surface area contributed by atoms with E-state index in [0.717, 1.165) is 5.56 Å². The molecule has 0 aromatic heterocycles. The fourth-order valence-corrected chi connectivity index (χ4v) is 2.42. The third-order valence-electron chi connectivity index (χ3n) is 3.56. The van der Waals surface area contributed by atoms with Crippen molar-refractivity contribution in [1.29, 1.82) is 0 Å². The predicted molar refractivity (Wildman–Crippen MR) is 87.6 cm³/mol. The SMILES string of the molecule is COC(=O)c1ccc(C)cc1-c1c(OC)cc(OC)cc1OC. The number of carbonyl (C=O) groups excluding carboxylic acids is 1. The lowest BCUT2D eigenvalue weighted by Crippen LogP contribution is -2.05. The number of hydrogen-bond acceptors (Lipinski definition) is 5. The third-order valence-corrected chi connectivity index (χ3v) is 3.56. The van der Waals surface area contributed by atoms with Gasteiger partial charge in [0.15, 0.2) is 0 Å². The number of benzene rings is 2. The van der Waals surface area contributed by atoms with Crippen LogP contribution in [0.3, 0.4) is 0 Å². The van der Waals surface area contributed by atoms with Crippen molar-refractivity contribution >= 4 is 5.97 Å². The maximum absolute atomic E-state index is 12.1. The van der Waals surface area contributed by atoms with E-state index in [-0.39, 0.29) is 0 Å². The lowest BCUT2D eigenvalue weighted by molar-refractivity contribution is 0.0601. The van der Waals surface area contributed by atoms with Gasteiger partial charge in [-0.2, -0.15) is 0 Å². The van der Waals surface area contributed by atoms with Gasteiger partial charge in [0, 0.05) is 17.7 Å². The van der Waals surface area contributed by atoms with Crippen LogP contribution in [0, 0.1) is 6.92 Å². The number of hydrogen-bond donors (Lipinski definition) is 0. The quantitative estimate of drug-likeness (QED) is 0.791. The van der Waals surface area contributed by atoms with Crippen LogP contribution in [0.15, 0.2) is 30.3 Å². The summed E-state index contributed by atoms with van der Waals surface area (Å²) in [5, 5.41) is 0. The summed E-state index contributed by atoms with van der Waals surface area (Å²) in [6.07, 6.45) is 0. The average Bonchev–Trinajstić information content (AvgIpc) is 2.59. The molecule has 0 aliphatic heterocycles. The monoisotopic (exact) mass is 316 g/mol. The molecule has 2 aromatic carbocycles. The number of methoxy groups -OCH3 is 4. The molecule has 0 N–H and O–H groups in total. The minimum Gasteiger partial charge on any atom is -0.496 e. The Kier molecular flexibility index (Phi) is 5.11. The fraction of sp³-hybridized carbons (Fsp3) is 0.278. The molecule has 0 radical (unpaired) electrons. The van der Waals surface area contributed by atoms with Gasteiger partial charge in [-0.15, -0.1) is 0 Å². The molecule has 0 aliphatic rings. The molecule has 0 heterocycles. The molecular formula is C18H20O5. The molecule has 23 heavy (non-hydrogen) atoms. The molecule has 0 saturated heterocycles. The van der Waals surface area contributed by atoms with E-state index in [1.54, 1.807) is 39.5 Å². The third kappa shape index (κ3) is 3.23. The summed E-state index contributed by atoms with van der Waals surface area (Å²) in [4.78, 5) is 12.1. The van der Waals surface area contributed by atoms with Crippen LogP contribution < -0.4 is 14.2 Å². The molecular weight excluding hydrogens is 296 g/mol. The van der Waals surface area contributed by atoms with Gasteiger partial charge in [0.2, 0.25) is 0 Å². The highest BCUT2D eigenvalue weighted by molar-refractivity contribution is 5.99. The zero-order valence-corrected chi connectivity index (χ0v) is 13.9. The molecule has 2 rings (SSSR count). The van der Waals surface area contributed by atoms with Gasteiger partial charge in [0.05, 0.1) is 39.6 Å². The summed E-state index contributed by atoms with van der Waals surface area (Å²) in [6, 6.07) is 9.00. The Morgan fingerprint density at radius 1 is 0.870 bits per heavy atom. The van der Waals surface area contributed by atoms with Gasteiger partial charge in [-0.25, -0.2) is 4.79 Å². The van der Waals surface area contributed by atoms with Crippen LogP contribution in [-0.2, 0) is 4.74 Å². The highest BCUT2D eigenvalue weighted by Gasteiger charge is 2.21. The van der Waals surface area contributed by atoms with E-state index in [1.165, 1.54) is 7.11 Å². The first-order valence-corrected chi connectivity index (χ1v) is 7.05. The maximum Gasteiger partial charge on any atom is 0.338 e. The summed E-state index contributed by atoms with van der Waals surface area (Å²) in [5.41, 5.74) is 2.82. The first-order valence-electron chi connectivity index (χ1n) is 7.05. The van der Waals surface area contributed by atoms with E-state index in [0.29, 0.717) is 33.9 Å². The van der Waals surface area contributed by atoms with Crippen molar-refractivity contribution in [3.05, 3.63) is 41.5 Å². The van der Waals surface area contributed by atoms with Crippen LogP contribution in [0.2, 0.25) is 0 Å². The van der Waals surface area contributed by atoms with Gasteiger partial charge >= 0.3 is 5.97 Å². The second-order valence-electron chi connectivity index (χ2n) is 4.95. The van der Waals surface area contributed by atoms with Crippen molar-refractivity contribution in [1.82, 2.24) is 0 Å². The van der Waals surface area contributed by atoms with Gasteiger partial charge in [-0.3, -0.25) is 0 Å². The highest BCUT2D eigenvalue weighted by atomic mass is 16.5. The molecule has 0 bridgehead atoms. The molecule has 0 spiro atoms. The van der Waals surface area contributed by atoms with E-state index >= 15 is 0 Å². The van der Waals surface area contributed by atoms with Crippen LogP contribution in [0.5, 0.6) is 17.2 Å². The van der Waals surface area contributed by atoms with Gasteiger partial charge < -0.3 is 18.9 Å². The number of ether oxygens (including phenoxy) is 4. The van der Waals surface area contributed by atoms with E-state index in [4.69, 9.17) is 18.9 Å². The molecule has 122 valence electrons. The van der Waals surface area contributed by atoms with E-state index in [9.17, 15) is 4.79 Å². The van der Waals surface area contributed by atoms with Crippen LogP contribution >= 0.6 is 0 Å². The van der Waals surface area contributed by atoms with Gasteiger partial charge in [0.1, 0.15) is 17.2 Å². The van der Waals surface area contributed by atoms with Crippen molar-refractivity contribution in [3.63, 3.8) is 0 Å². The molecule has 0 aliphatic carbocycles. The first kappa shape index (κ1) is 16.7. The Bertz CT molecular complexity index is 696. The molecule has 5 nitrogen and oxygen atoms in total. The van der Waals surface area contributed by atoms with E-state index < -0.39 is 5.97 Å². The normalized spacial score (nSPS) is 10.1. The van der Waals surface area contributed by atoms with Gasteiger partial charge in [-0.1, -0.05) is 17.7 Å². The lowest BCUT2D eigenvalue weighted by Gasteiger charge is -2.17. The molecule has 2 aromatic rings. The van der Waals surface area contributed by atoms with Crippen LogP contribution in [0.4, 0.5) is 0 Å². The Hall–Kier alpha value is -2.69. The molecule has 5 heteroatoms. The number of carbonyl (C=O) groups is 1. The van der Waals surface area contributed by atoms with Crippen LogP contribution in [0.25, 0.3) is 11.1 Å².